The number of aromatic nitrogens is 3. The highest BCUT2D eigenvalue weighted by atomic mass is 16.4. The van der Waals surface area contributed by atoms with Gasteiger partial charge in [-0.15, -0.1) is 10.2 Å². The van der Waals surface area contributed by atoms with Crippen LogP contribution in [0.5, 0.6) is 0 Å². The second kappa shape index (κ2) is 7.56. The maximum atomic E-state index is 5.82. The zero-order chi connectivity index (χ0) is 16.8. The average Bonchev–Trinajstić information content (AvgIpc) is 3.12. The van der Waals surface area contributed by atoms with Crippen LogP contribution < -0.4 is 0 Å². The summed E-state index contributed by atoms with van der Waals surface area (Å²) in [5.41, 5.74) is 2.80. The molecule has 0 atom stereocenters. The summed E-state index contributed by atoms with van der Waals surface area (Å²) in [4.78, 5) is 3.98. The second-order valence-electron chi connectivity index (χ2n) is 5.52. The summed E-state index contributed by atoms with van der Waals surface area (Å²) in [6.45, 7) is 4.27. The molecule has 0 radical (unpaired) electrons. The standard InChI is InChI=1S/C20H19N3O/c1-3-17(4-2)19-22-23-20(24-19)18-9-7-15(8-10-18)5-6-16-11-13-21-14-12-16/h7-14,17H,3-4H2,1-2H3. The van der Waals surface area contributed by atoms with E-state index < -0.39 is 0 Å². The van der Waals surface area contributed by atoms with Crippen LogP contribution in [-0.4, -0.2) is 15.2 Å². The van der Waals surface area contributed by atoms with E-state index in [0.717, 1.165) is 35.4 Å². The molecule has 0 saturated heterocycles. The van der Waals surface area contributed by atoms with Crippen LogP contribution >= 0.6 is 0 Å². The molecule has 0 bridgehead atoms. The van der Waals surface area contributed by atoms with E-state index in [-0.39, 0.29) is 0 Å². The Morgan fingerprint density at radius 3 is 2.12 bits per heavy atom. The number of rotatable bonds is 4. The molecule has 3 aromatic rings. The molecule has 2 heterocycles. The largest absolute Gasteiger partial charge is 0.420 e. The van der Waals surface area contributed by atoms with Crippen molar-refractivity contribution in [1.29, 1.82) is 0 Å². The molecule has 4 nitrogen and oxygen atoms in total. The zero-order valence-electron chi connectivity index (χ0n) is 13.9. The summed E-state index contributed by atoms with van der Waals surface area (Å²) in [7, 11) is 0. The van der Waals surface area contributed by atoms with E-state index in [1.807, 2.05) is 36.4 Å². The van der Waals surface area contributed by atoms with Crippen molar-refractivity contribution in [3.05, 3.63) is 65.8 Å². The predicted molar refractivity (Wildman–Crippen MR) is 93.3 cm³/mol. The lowest BCUT2D eigenvalue weighted by Crippen LogP contribution is -1.95. The highest BCUT2D eigenvalue weighted by molar-refractivity contribution is 5.55. The van der Waals surface area contributed by atoms with Gasteiger partial charge in [-0.3, -0.25) is 4.98 Å². The van der Waals surface area contributed by atoms with Crippen LogP contribution in [0.2, 0.25) is 0 Å². The van der Waals surface area contributed by atoms with Crippen molar-refractivity contribution in [2.45, 2.75) is 32.6 Å². The molecule has 0 fully saturated rings. The van der Waals surface area contributed by atoms with Crippen molar-refractivity contribution in [2.75, 3.05) is 0 Å². The van der Waals surface area contributed by atoms with Gasteiger partial charge in [-0.25, -0.2) is 0 Å². The summed E-state index contributed by atoms with van der Waals surface area (Å²) >= 11 is 0. The molecular formula is C20H19N3O. The third-order valence-corrected chi connectivity index (χ3v) is 3.94. The van der Waals surface area contributed by atoms with Crippen molar-refractivity contribution in [2.24, 2.45) is 0 Å². The minimum Gasteiger partial charge on any atom is -0.420 e. The second-order valence-corrected chi connectivity index (χ2v) is 5.52. The number of hydrogen-bond acceptors (Lipinski definition) is 4. The molecule has 0 amide bonds. The maximum absolute atomic E-state index is 5.82. The van der Waals surface area contributed by atoms with E-state index in [1.165, 1.54) is 0 Å². The SMILES string of the molecule is CCC(CC)c1nnc(-c2ccc(C#Cc3ccncc3)cc2)o1. The Morgan fingerprint density at radius 2 is 1.50 bits per heavy atom. The molecule has 0 aliphatic rings. The van der Waals surface area contributed by atoms with Gasteiger partial charge >= 0.3 is 0 Å². The van der Waals surface area contributed by atoms with Gasteiger partial charge in [0.15, 0.2) is 0 Å². The number of hydrogen-bond donors (Lipinski definition) is 0. The Labute approximate surface area is 142 Å². The highest BCUT2D eigenvalue weighted by Gasteiger charge is 2.15. The Morgan fingerprint density at radius 1 is 0.875 bits per heavy atom. The summed E-state index contributed by atoms with van der Waals surface area (Å²) in [5.74, 6) is 7.86. The summed E-state index contributed by atoms with van der Waals surface area (Å²) in [6, 6.07) is 11.6. The first kappa shape index (κ1) is 15.9. The third kappa shape index (κ3) is 3.69. The Bertz CT molecular complexity index is 838. The first-order valence-electron chi connectivity index (χ1n) is 8.16. The molecule has 1 aromatic carbocycles. The normalized spacial score (nSPS) is 10.5. The van der Waals surface area contributed by atoms with Crippen molar-refractivity contribution in [1.82, 2.24) is 15.2 Å². The van der Waals surface area contributed by atoms with Crippen molar-refractivity contribution in [3.8, 4) is 23.3 Å². The van der Waals surface area contributed by atoms with E-state index in [9.17, 15) is 0 Å². The van der Waals surface area contributed by atoms with E-state index >= 15 is 0 Å². The number of pyridine rings is 1. The van der Waals surface area contributed by atoms with Crippen LogP contribution in [0, 0.1) is 11.8 Å². The molecular weight excluding hydrogens is 298 g/mol. The molecule has 2 aromatic heterocycles. The van der Waals surface area contributed by atoms with Gasteiger partial charge in [-0.1, -0.05) is 25.7 Å². The first-order valence-corrected chi connectivity index (χ1v) is 8.16. The van der Waals surface area contributed by atoms with E-state index in [1.54, 1.807) is 12.4 Å². The predicted octanol–water partition coefficient (Wildman–Crippen LogP) is 4.44. The molecule has 120 valence electrons. The molecule has 0 spiro atoms. The fourth-order valence-electron chi connectivity index (χ4n) is 2.43. The fraction of sp³-hybridized carbons (Fsp3) is 0.250. The summed E-state index contributed by atoms with van der Waals surface area (Å²) < 4.78 is 5.82. The lowest BCUT2D eigenvalue weighted by molar-refractivity contribution is 0.439. The lowest BCUT2D eigenvalue weighted by atomic mass is 10.0. The lowest BCUT2D eigenvalue weighted by Gasteiger charge is -2.04. The zero-order valence-corrected chi connectivity index (χ0v) is 13.9. The highest BCUT2D eigenvalue weighted by Crippen LogP contribution is 2.25. The first-order chi connectivity index (χ1) is 11.8. The van der Waals surface area contributed by atoms with Gasteiger partial charge in [0.05, 0.1) is 0 Å². The van der Waals surface area contributed by atoms with Gasteiger partial charge in [0.25, 0.3) is 0 Å². The average molecular weight is 317 g/mol. The minimum atomic E-state index is 0.330. The Kier molecular flexibility index (Phi) is 5.02. The number of benzene rings is 1. The van der Waals surface area contributed by atoms with Crippen molar-refractivity contribution >= 4 is 0 Å². The summed E-state index contributed by atoms with van der Waals surface area (Å²) in [6.07, 6.45) is 5.48. The van der Waals surface area contributed by atoms with E-state index in [0.29, 0.717) is 11.8 Å². The quantitative estimate of drug-likeness (QED) is 0.668. The van der Waals surface area contributed by atoms with E-state index in [4.69, 9.17) is 4.42 Å². The fourth-order valence-corrected chi connectivity index (χ4v) is 2.43. The summed E-state index contributed by atoms with van der Waals surface area (Å²) in [5, 5.41) is 8.35. The Balaban J connectivity index is 1.77. The minimum absolute atomic E-state index is 0.330. The topological polar surface area (TPSA) is 51.8 Å². The van der Waals surface area contributed by atoms with Crippen molar-refractivity contribution < 1.29 is 4.42 Å². The smallest absolute Gasteiger partial charge is 0.247 e. The van der Waals surface area contributed by atoms with Crippen LogP contribution in [0.1, 0.15) is 49.6 Å². The van der Waals surface area contributed by atoms with Crippen molar-refractivity contribution in [3.63, 3.8) is 0 Å². The molecule has 0 aliphatic heterocycles. The van der Waals surface area contributed by atoms with Crippen LogP contribution in [0.25, 0.3) is 11.5 Å². The molecule has 24 heavy (non-hydrogen) atoms. The molecule has 3 rings (SSSR count). The number of nitrogens with zero attached hydrogens (tertiary/aromatic N) is 3. The van der Waals surface area contributed by atoms with Crippen LogP contribution in [0.3, 0.4) is 0 Å². The molecule has 0 aliphatic carbocycles. The van der Waals surface area contributed by atoms with Gasteiger partial charge in [-0.2, -0.15) is 0 Å². The van der Waals surface area contributed by atoms with Crippen LogP contribution in [0.15, 0.2) is 53.2 Å². The Hall–Kier alpha value is -2.93. The molecule has 0 N–H and O–H groups in total. The van der Waals surface area contributed by atoms with Gasteiger partial charge in [0.1, 0.15) is 0 Å². The van der Waals surface area contributed by atoms with E-state index in [2.05, 4.69) is 40.9 Å². The van der Waals surface area contributed by atoms with Crippen LogP contribution in [-0.2, 0) is 0 Å². The third-order valence-electron chi connectivity index (χ3n) is 3.94. The van der Waals surface area contributed by atoms with Gasteiger partial charge in [-0.05, 0) is 49.2 Å². The van der Waals surface area contributed by atoms with Crippen LogP contribution in [0.4, 0.5) is 0 Å². The maximum Gasteiger partial charge on any atom is 0.247 e. The molecule has 0 saturated carbocycles. The molecule has 0 unspecified atom stereocenters. The van der Waals surface area contributed by atoms with Gasteiger partial charge in [0.2, 0.25) is 11.8 Å². The molecule has 4 heteroatoms. The van der Waals surface area contributed by atoms with Gasteiger partial charge < -0.3 is 4.42 Å². The van der Waals surface area contributed by atoms with Gasteiger partial charge in [0, 0.05) is 35.0 Å². The monoisotopic (exact) mass is 317 g/mol.